The standard InChI is InChI=1S/C11H11BrN2O2S/c1-2-3-6-10(15)13-9(14-11(6)16)8-7(12)4-5-17-8/h4-5H,2-3H2,1H3,(H2,13,14,15,16). The summed E-state index contributed by atoms with van der Waals surface area (Å²) in [6.45, 7) is 1.95. The van der Waals surface area contributed by atoms with E-state index in [1.54, 1.807) is 0 Å². The third-order valence-corrected chi connectivity index (χ3v) is 4.17. The molecule has 0 bridgehead atoms. The van der Waals surface area contributed by atoms with E-state index in [-0.39, 0.29) is 11.4 Å². The molecule has 6 heteroatoms. The van der Waals surface area contributed by atoms with Crippen LogP contribution in [0.3, 0.4) is 0 Å². The van der Waals surface area contributed by atoms with Crippen LogP contribution in [0.1, 0.15) is 18.9 Å². The molecule has 0 aliphatic rings. The Hall–Kier alpha value is -1.14. The van der Waals surface area contributed by atoms with E-state index < -0.39 is 0 Å². The maximum atomic E-state index is 11.8. The molecule has 0 aromatic carbocycles. The molecular weight excluding hydrogens is 304 g/mol. The molecule has 2 rings (SSSR count). The number of halogens is 1. The van der Waals surface area contributed by atoms with Gasteiger partial charge in [0.2, 0.25) is 5.88 Å². The fourth-order valence-corrected chi connectivity index (χ4v) is 3.04. The van der Waals surface area contributed by atoms with Gasteiger partial charge < -0.3 is 10.1 Å². The zero-order valence-electron chi connectivity index (χ0n) is 9.16. The Morgan fingerprint density at radius 1 is 1.59 bits per heavy atom. The monoisotopic (exact) mass is 314 g/mol. The van der Waals surface area contributed by atoms with E-state index >= 15 is 0 Å². The van der Waals surface area contributed by atoms with Crippen molar-refractivity contribution < 1.29 is 5.11 Å². The minimum Gasteiger partial charge on any atom is -0.493 e. The van der Waals surface area contributed by atoms with Crippen LogP contribution in [0.15, 0.2) is 20.7 Å². The maximum absolute atomic E-state index is 11.8. The number of nitrogens with zero attached hydrogens (tertiary/aromatic N) is 1. The van der Waals surface area contributed by atoms with Gasteiger partial charge in [0.25, 0.3) is 5.56 Å². The minimum absolute atomic E-state index is 0.175. The first kappa shape index (κ1) is 12.3. The second kappa shape index (κ2) is 5.01. The predicted molar refractivity (Wildman–Crippen MR) is 71.5 cm³/mol. The number of aromatic nitrogens is 2. The number of aromatic hydroxyl groups is 1. The van der Waals surface area contributed by atoms with Crippen molar-refractivity contribution in [2.45, 2.75) is 19.8 Å². The Bertz CT molecular complexity index is 591. The van der Waals surface area contributed by atoms with Crippen LogP contribution in [-0.2, 0) is 6.42 Å². The highest BCUT2D eigenvalue weighted by atomic mass is 79.9. The van der Waals surface area contributed by atoms with Crippen LogP contribution < -0.4 is 5.56 Å². The van der Waals surface area contributed by atoms with Crippen molar-refractivity contribution >= 4 is 27.3 Å². The Morgan fingerprint density at radius 2 is 2.35 bits per heavy atom. The molecule has 0 amide bonds. The summed E-state index contributed by atoms with van der Waals surface area (Å²) < 4.78 is 0.855. The Balaban J connectivity index is 2.53. The topological polar surface area (TPSA) is 66.0 Å². The summed E-state index contributed by atoms with van der Waals surface area (Å²) in [5.74, 6) is 0.222. The van der Waals surface area contributed by atoms with Crippen LogP contribution in [0.2, 0.25) is 0 Å². The molecule has 0 fully saturated rings. The average molecular weight is 315 g/mol. The summed E-state index contributed by atoms with van der Waals surface area (Å²) in [7, 11) is 0. The van der Waals surface area contributed by atoms with Gasteiger partial charge in [-0.05, 0) is 33.8 Å². The molecule has 0 spiro atoms. The van der Waals surface area contributed by atoms with E-state index in [9.17, 15) is 9.90 Å². The lowest BCUT2D eigenvalue weighted by molar-refractivity contribution is 0.443. The highest BCUT2D eigenvalue weighted by molar-refractivity contribution is 9.10. The summed E-state index contributed by atoms with van der Waals surface area (Å²) in [5.41, 5.74) is 0.0820. The summed E-state index contributed by atoms with van der Waals surface area (Å²) in [4.78, 5) is 19.3. The van der Waals surface area contributed by atoms with Gasteiger partial charge in [-0.2, -0.15) is 4.98 Å². The summed E-state index contributed by atoms with van der Waals surface area (Å²) >= 11 is 4.82. The van der Waals surface area contributed by atoms with Crippen LogP contribution in [0.5, 0.6) is 5.88 Å². The lowest BCUT2D eigenvalue weighted by atomic mass is 10.2. The summed E-state index contributed by atoms with van der Waals surface area (Å²) in [5, 5.41) is 11.6. The minimum atomic E-state index is -0.269. The van der Waals surface area contributed by atoms with Gasteiger partial charge in [-0.15, -0.1) is 11.3 Å². The van der Waals surface area contributed by atoms with Crippen LogP contribution >= 0.6 is 27.3 Å². The zero-order valence-corrected chi connectivity index (χ0v) is 11.6. The second-order valence-electron chi connectivity index (χ2n) is 3.56. The van der Waals surface area contributed by atoms with Crippen molar-refractivity contribution in [2.75, 3.05) is 0 Å². The van der Waals surface area contributed by atoms with E-state index in [2.05, 4.69) is 25.9 Å². The number of H-pyrrole nitrogens is 1. The SMILES string of the molecule is CCCc1c(O)nc(-c2sccc2Br)[nH]c1=O. The number of hydrogen-bond donors (Lipinski definition) is 2. The molecule has 90 valence electrons. The van der Waals surface area contributed by atoms with Crippen molar-refractivity contribution in [1.82, 2.24) is 9.97 Å². The number of thiophene rings is 1. The Morgan fingerprint density at radius 3 is 2.88 bits per heavy atom. The lowest BCUT2D eigenvalue weighted by Crippen LogP contribution is -2.14. The molecule has 0 saturated heterocycles. The van der Waals surface area contributed by atoms with Crippen molar-refractivity contribution in [3.05, 3.63) is 31.8 Å². The normalized spacial score (nSPS) is 10.7. The molecule has 0 aliphatic carbocycles. The second-order valence-corrected chi connectivity index (χ2v) is 5.33. The van der Waals surface area contributed by atoms with Crippen LogP contribution in [-0.4, -0.2) is 15.1 Å². The smallest absolute Gasteiger partial charge is 0.258 e. The molecule has 2 heterocycles. The quantitative estimate of drug-likeness (QED) is 0.915. The van der Waals surface area contributed by atoms with Gasteiger partial charge in [0, 0.05) is 4.47 Å². The fraction of sp³-hybridized carbons (Fsp3) is 0.273. The van der Waals surface area contributed by atoms with Crippen LogP contribution in [0, 0.1) is 0 Å². The highest BCUT2D eigenvalue weighted by Gasteiger charge is 2.13. The summed E-state index contributed by atoms with van der Waals surface area (Å²) in [6.07, 6.45) is 1.32. The van der Waals surface area contributed by atoms with Gasteiger partial charge in [-0.1, -0.05) is 13.3 Å². The first-order chi connectivity index (χ1) is 8.13. The molecule has 0 aliphatic heterocycles. The van der Waals surface area contributed by atoms with Crippen molar-refractivity contribution in [1.29, 1.82) is 0 Å². The Kier molecular flexibility index (Phi) is 3.63. The van der Waals surface area contributed by atoms with Gasteiger partial charge in [0.05, 0.1) is 10.4 Å². The van der Waals surface area contributed by atoms with Crippen LogP contribution in [0.25, 0.3) is 10.7 Å². The molecule has 0 atom stereocenters. The van der Waals surface area contributed by atoms with Crippen molar-refractivity contribution in [2.24, 2.45) is 0 Å². The van der Waals surface area contributed by atoms with Gasteiger partial charge in [0.15, 0.2) is 5.82 Å². The lowest BCUT2D eigenvalue weighted by Gasteiger charge is -2.04. The first-order valence-corrected chi connectivity index (χ1v) is 6.86. The number of hydrogen-bond acceptors (Lipinski definition) is 4. The molecule has 0 unspecified atom stereocenters. The maximum Gasteiger partial charge on any atom is 0.258 e. The zero-order chi connectivity index (χ0) is 12.4. The van der Waals surface area contributed by atoms with Gasteiger partial charge in [-0.25, -0.2) is 0 Å². The van der Waals surface area contributed by atoms with E-state index in [1.165, 1.54) is 11.3 Å². The van der Waals surface area contributed by atoms with E-state index in [1.807, 2.05) is 18.4 Å². The number of rotatable bonds is 3. The van der Waals surface area contributed by atoms with Gasteiger partial charge >= 0.3 is 0 Å². The molecule has 2 aromatic rings. The van der Waals surface area contributed by atoms with Crippen molar-refractivity contribution in [3.8, 4) is 16.6 Å². The highest BCUT2D eigenvalue weighted by Crippen LogP contribution is 2.31. The number of nitrogens with one attached hydrogen (secondary N) is 1. The average Bonchev–Trinajstić information content (AvgIpc) is 2.69. The molecule has 0 radical (unpaired) electrons. The van der Waals surface area contributed by atoms with Crippen LogP contribution in [0.4, 0.5) is 0 Å². The van der Waals surface area contributed by atoms with E-state index in [0.717, 1.165) is 15.8 Å². The third kappa shape index (κ3) is 2.42. The first-order valence-electron chi connectivity index (χ1n) is 5.19. The van der Waals surface area contributed by atoms with Gasteiger partial charge in [-0.3, -0.25) is 4.79 Å². The fourth-order valence-electron chi connectivity index (χ4n) is 1.53. The third-order valence-electron chi connectivity index (χ3n) is 2.33. The molecular formula is C11H11BrN2O2S. The largest absolute Gasteiger partial charge is 0.493 e. The van der Waals surface area contributed by atoms with E-state index in [0.29, 0.717) is 17.8 Å². The van der Waals surface area contributed by atoms with Crippen molar-refractivity contribution in [3.63, 3.8) is 0 Å². The van der Waals surface area contributed by atoms with E-state index in [4.69, 9.17) is 0 Å². The Labute approximate surface area is 110 Å². The molecule has 2 N–H and O–H groups in total. The molecule has 2 aromatic heterocycles. The molecule has 0 saturated carbocycles. The number of aromatic amines is 1. The van der Waals surface area contributed by atoms with Gasteiger partial charge in [0.1, 0.15) is 0 Å². The summed E-state index contributed by atoms with van der Waals surface area (Å²) in [6, 6.07) is 1.87. The molecule has 17 heavy (non-hydrogen) atoms. The predicted octanol–water partition coefficient (Wildman–Crippen LogP) is 2.92. The molecule has 4 nitrogen and oxygen atoms in total.